The molecule has 0 saturated heterocycles. The van der Waals surface area contributed by atoms with Crippen LogP contribution in [0.1, 0.15) is 38.3 Å². The van der Waals surface area contributed by atoms with Gasteiger partial charge in [0.1, 0.15) is 23.4 Å². The maximum Gasteiger partial charge on any atom is 0.243 e. The number of amides is 2. The van der Waals surface area contributed by atoms with Gasteiger partial charge in [0.15, 0.2) is 23.3 Å². The Labute approximate surface area is 204 Å². The molecule has 2 aromatic carbocycles. The molecule has 11 heteroatoms. The van der Waals surface area contributed by atoms with Crippen LogP contribution in [0.15, 0.2) is 36.1 Å². The predicted molar refractivity (Wildman–Crippen MR) is 121 cm³/mol. The van der Waals surface area contributed by atoms with Crippen molar-refractivity contribution in [1.82, 2.24) is 10.6 Å². The summed E-state index contributed by atoms with van der Waals surface area (Å²) in [5, 5.41) is 25.3. The maximum atomic E-state index is 14.4. The van der Waals surface area contributed by atoms with Gasteiger partial charge in [-0.3, -0.25) is 9.59 Å². The summed E-state index contributed by atoms with van der Waals surface area (Å²) in [6, 6.07) is 6.82. The van der Waals surface area contributed by atoms with Crippen molar-refractivity contribution in [2.45, 2.75) is 45.7 Å². The first-order valence-electron chi connectivity index (χ1n) is 10.8. The smallest absolute Gasteiger partial charge is 0.243 e. The van der Waals surface area contributed by atoms with Crippen LogP contribution in [-0.2, 0) is 16.0 Å². The number of carbonyl (C=O) groups is 2. The van der Waals surface area contributed by atoms with Gasteiger partial charge in [-0.1, -0.05) is 44.2 Å². The first-order valence-corrected chi connectivity index (χ1v) is 10.8. The molecule has 36 heavy (non-hydrogen) atoms. The highest BCUT2D eigenvalue weighted by atomic mass is 19.2. The van der Waals surface area contributed by atoms with Gasteiger partial charge in [-0.25, -0.2) is 22.0 Å². The van der Waals surface area contributed by atoms with Crippen molar-refractivity contribution in [2.24, 2.45) is 5.92 Å². The number of benzene rings is 2. The van der Waals surface area contributed by atoms with Crippen LogP contribution >= 0.6 is 0 Å². The number of nitriles is 1. The highest BCUT2D eigenvalue weighted by Gasteiger charge is 2.32. The lowest BCUT2D eigenvalue weighted by atomic mass is 9.96. The van der Waals surface area contributed by atoms with E-state index >= 15 is 0 Å². The van der Waals surface area contributed by atoms with Crippen LogP contribution in [0, 0.1) is 46.3 Å². The van der Waals surface area contributed by atoms with Crippen LogP contribution in [0.2, 0.25) is 0 Å². The van der Waals surface area contributed by atoms with Gasteiger partial charge < -0.3 is 15.7 Å². The molecule has 0 fully saturated rings. The van der Waals surface area contributed by atoms with E-state index in [0.717, 1.165) is 0 Å². The number of hydrogen-bond donors (Lipinski definition) is 3. The highest BCUT2D eigenvalue weighted by molar-refractivity contribution is 5.88. The Kier molecular flexibility index (Phi) is 9.55. The summed E-state index contributed by atoms with van der Waals surface area (Å²) in [7, 11) is 0. The zero-order valence-electron chi connectivity index (χ0n) is 19.6. The molecule has 0 aliphatic carbocycles. The van der Waals surface area contributed by atoms with Gasteiger partial charge >= 0.3 is 0 Å². The third-order valence-electron chi connectivity index (χ3n) is 5.16. The lowest BCUT2D eigenvalue weighted by Gasteiger charge is -2.25. The van der Waals surface area contributed by atoms with Gasteiger partial charge in [0.25, 0.3) is 0 Å². The summed E-state index contributed by atoms with van der Waals surface area (Å²) >= 11 is 0. The standard InChI is InChI=1S/C25H24F5N3O3/c1-12(2)9-17(32-13(3)34)25(36)33-16(10-14-7-5-4-6-8-14)24(35)15(11-31)18-19(26)21(28)23(30)22(29)20(18)27/h4-8,12,16-17,35H,9-10H2,1-3H3,(H,32,34)(H,33,36)/b24-15-/t16-,17?/m0/s1. The van der Waals surface area contributed by atoms with E-state index in [2.05, 4.69) is 10.6 Å². The minimum atomic E-state index is -2.42. The number of nitrogens with one attached hydrogen (secondary N) is 2. The number of halogens is 5. The summed E-state index contributed by atoms with van der Waals surface area (Å²) in [4.78, 5) is 24.6. The minimum Gasteiger partial charge on any atom is -0.509 e. The molecular weight excluding hydrogens is 485 g/mol. The summed E-state index contributed by atoms with van der Waals surface area (Å²) in [6.07, 6.45) is -0.0237. The molecule has 6 nitrogen and oxygen atoms in total. The summed E-state index contributed by atoms with van der Waals surface area (Å²) in [5.41, 5.74) is -2.37. The molecule has 0 heterocycles. The van der Waals surface area contributed by atoms with Crippen molar-refractivity contribution in [1.29, 1.82) is 5.26 Å². The predicted octanol–water partition coefficient (Wildman–Crippen LogP) is 4.45. The van der Waals surface area contributed by atoms with E-state index in [1.807, 2.05) is 0 Å². The Hall–Kier alpha value is -3.94. The Morgan fingerprint density at radius 1 is 0.917 bits per heavy atom. The van der Waals surface area contributed by atoms with Crippen molar-refractivity contribution in [3.63, 3.8) is 0 Å². The molecule has 0 radical (unpaired) electrons. The zero-order valence-corrected chi connectivity index (χ0v) is 19.6. The molecule has 0 spiro atoms. The lowest BCUT2D eigenvalue weighted by molar-refractivity contribution is -0.128. The fourth-order valence-electron chi connectivity index (χ4n) is 3.53. The fraction of sp³-hybridized carbons (Fsp3) is 0.320. The van der Waals surface area contributed by atoms with E-state index in [9.17, 15) is 41.9 Å². The third kappa shape index (κ3) is 6.59. The second kappa shape index (κ2) is 12.2. The van der Waals surface area contributed by atoms with Crippen LogP contribution < -0.4 is 10.6 Å². The number of carbonyl (C=O) groups excluding carboxylic acids is 2. The summed E-state index contributed by atoms with van der Waals surface area (Å²) in [5.74, 6) is -14.1. The molecule has 2 rings (SSSR count). The largest absolute Gasteiger partial charge is 0.509 e. The van der Waals surface area contributed by atoms with Gasteiger partial charge in [-0.15, -0.1) is 0 Å². The molecule has 0 aliphatic rings. The molecular formula is C25H24F5N3O3. The van der Waals surface area contributed by atoms with Crippen molar-refractivity contribution in [3.05, 3.63) is 76.3 Å². The first kappa shape index (κ1) is 28.3. The van der Waals surface area contributed by atoms with E-state index in [-0.39, 0.29) is 18.8 Å². The normalized spacial score (nSPS) is 13.4. The molecule has 1 unspecified atom stereocenters. The quantitative estimate of drug-likeness (QED) is 0.153. The van der Waals surface area contributed by atoms with Gasteiger partial charge in [0, 0.05) is 6.92 Å². The molecule has 0 aromatic heterocycles. The number of hydrogen-bond acceptors (Lipinski definition) is 4. The Balaban J connectivity index is 2.63. The van der Waals surface area contributed by atoms with E-state index in [4.69, 9.17) is 0 Å². The zero-order chi connectivity index (χ0) is 27.2. The van der Waals surface area contributed by atoms with E-state index < -0.39 is 69.9 Å². The number of aliphatic hydroxyl groups excluding tert-OH is 1. The molecule has 0 aliphatic heterocycles. The van der Waals surface area contributed by atoms with Crippen LogP contribution in [0.3, 0.4) is 0 Å². The molecule has 192 valence electrons. The van der Waals surface area contributed by atoms with Crippen LogP contribution in [0.5, 0.6) is 0 Å². The second-order valence-corrected chi connectivity index (χ2v) is 8.45. The molecule has 0 bridgehead atoms. The lowest BCUT2D eigenvalue weighted by Crippen LogP contribution is -2.50. The van der Waals surface area contributed by atoms with Crippen molar-refractivity contribution in [2.75, 3.05) is 0 Å². The molecule has 0 saturated carbocycles. The van der Waals surface area contributed by atoms with Crippen LogP contribution in [0.4, 0.5) is 22.0 Å². The third-order valence-corrected chi connectivity index (χ3v) is 5.16. The van der Waals surface area contributed by atoms with Gasteiger partial charge in [-0.05, 0) is 24.3 Å². The average Bonchev–Trinajstić information content (AvgIpc) is 2.83. The molecule has 3 N–H and O–H groups in total. The first-order chi connectivity index (χ1) is 16.9. The molecule has 2 atom stereocenters. The van der Waals surface area contributed by atoms with Gasteiger partial charge in [0.05, 0.1) is 11.6 Å². The Morgan fingerprint density at radius 2 is 1.44 bits per heavy atom. The van der Waals surface area contributed by atoms with Crippen molar-refractivity contribution in [3.8, 4) is 6.07 Å². The van der Waals surface area contributed by atoms with Crippen LogP contribution in [0.25, 0.3) is 5.57 Å². The van der Waals surface area contributed by atoms with Crippen LogP contribution in [-0.4, -0.2) is 29.0 Å². The second-order valence-electron chi connectivity index (χ2n) is 8.45. The minimum absolute atomic E-state index is 0.0488. The molecule has 2 amide bonds. The van der Waals surface area contributed by atoms with Crippen molar-refractivity contribution < 1.29 is 36.6 Å². The average molecular weight is 509 g/mol. The Bertz CT molecular complexity index is 1180. The van der Waals surface area contributed by atoms with Crippen molar-refractivity contribution >= 4 is 17.4 Å². The van der Waals surface area contributed by atoms with E-state index in [0.29, 0.717) is 5.56 Å². The van der Waals surface area contributed by atoms with Gasteiger partial charge in [0.2, 0.25) is 17.6 Å². The fourth-order valence-corrected chi connectivity index (χ4v) is 3.53. The number of allylic oxidation sites excluding steroid dienone is 1. The number of rotatable bonds is 9. The number of nitrogens with zero attached hydrogens (tertiary/aromatic N) is 1. The van der Waals surface area contributed by atoms with E-state index in [1.165, 1.54) is 13.0 Å². The number of aliphatic hydroxyl groups is 1. The highest BCUT2D eigenvalue weighted by Crippen LogP contribution is 2.30. The monoisotopic (exact) mass is 509 g/mol. The maximum absolute atomic E-state index is 14.4. The SMILES string of the molecule is CC(=O)NC(CC(C)C)C(=O)N[C@@H](Cc1ccccc1)/C(O)=C(\C#N)c1c(F)c(F)c(F)c(F)c1F. The molecule has 2 aromatic rings. The van der Waals surface area contributed by atoms with Gasteiger partial charge in [-0.2, -0.15) is 5.26 Å². The van der Waals surface area contributed by atoms with E-state index in [1.54, 1.807) is 44.2 Å². The topological polar surface area (TPSA) is 102 Å². The summed E-state index contributed by atoms with van der Waals surface area (Å²) in [6.45, 7) is 4.77. The Morgan fingerprint density at radius 3 is 1.92 bits per heavy atom. The summed E-state index contributed by atoms with van der Waals surface area (Å²) < 4.78 is 69.9.